The molecular formula is C30H47N3O2. The van der Waals surface area contributed by atoms with Crippen LogP contribution in [-0.2, 0) is 16.7 Å². The van der Waals surface area contributed by atoms with Crippen molar-refractivity contribution >= 4 is 6.09 Å². The first-order valence-electron chi connectivity index (χ1n) is 14.3. The molecule has 0 bridgehead atoms. The lowest BCUT2D eigenvalue weighted by Gasteiger charge is -2.54. The Labute approximate surface area is 213 Å². The minimum atomic E-state index is -0.412. The fourth-order valence-electron chi connectivity index (χ4n) is 7.72. The maximum absolute atomic E-state index is 12.3. The van der Waals surface area contributed by atoms with Crippen molar-refractivity contribution in [2.45, 2.75) is 83.8 Å². The molecule has 1 aromatic rings. The van der Waals surface area contributed by atoms with E-state index in [0.29, 0.717) is 11.3 Å². The summed E-state index contributed by atoms with van der Waals surface area (Å²) in [5, 5.41) is 0. The molecule has 2 saturated heterocycles. The summed E-state index contributed by atoms with van der Waals surface area (Å²) in [6.07, 6.45) is 8.12. The Bertz CT molecular complexity index is 876. The second kappa shape index (κ2) is 10.0. The molecule has 3 fully saturated rings. The highest BCUT2D eigenvalue weighted by Gasteiger charge is 2.51. The van der Waals surface area contributed by atoms with Crippen molar-refractivity contribution < 1.29 is 9.53 Å². The van der Waals surface area contributed by atoms with Crippen molar-refractivity contribution in [1.29, 1.82) is 0 Å². The Kier molecular flexibility index (Phi) is 7.20. The third-order valence-electron chi connectivity index (χ3n) is 9.37. The first-order valence-corrected chi connectivity index (χ1v) is 14.3. The zero-order chi connectivity index (χ0) is 24.6. The predicted molar refractivity (Wildman–Crippen MR) is 141 cm³/mol. The molecule has 3 aliphatic heterocycles. The monoisotopic (exact) mass is 481 g/mol. The van der Waals surface area contributed by atoms with E-state index in [2.05, 4.69) is 41.0 Å². The molecule has 4 aliphatic rings. The van der Waals surface area contributed by atoms with Crippen LogP contribution in [-0.4, -0.2) is 72.2 Å². The summed E-state index contributed by atoms with van der Waals surface area (Å²) in [5.41, 5.74) is 3.20. The number of amides is 1. The molecule has 35 heavy (non-hydrogen) atoms. The smallest absolute Gasteiger partial charge is 0.410 e. The van der Waals surface area contributed by atoms with Gasteiger partial charge in [-0.3, -0.25) is 4.90 Å². The summed E-state index contributed by atoms with van der Waals surface area (Å²) in [6.45, 7) is 16.9. The first kappa shape index (κ1) is 25.1. The lowest BCUT2D eigenvalue weighted by atomic mass is 9.57. The van der Waals surface area contributed by atoms with Crippen LogP contribution in [0.2, 0.25) is 0 Å². The van der Waals surface area contributed by atoms with Gasteiger partial charge >= 0.3 is 6.09 Å². The highest BCUT2D eigenvalue weighted by molar-refractivity contribution is 5.69. The predicted octanol–water partition coefficient (Wildman–Crippen LogP) is 5.53. The summed E-state index contributed by atoms with van der Waals surface area (Å²) in [5.74, 6) is 2.20. The minimum Gasteiger partial charge on any atom is -0.444 e. The maximum Gasteiger partial charge on any atom is 0.410 e. The zero-order valence-corrected chi connectivity index (χ0v) is 22.6. The molecule has 5 nitrogen and oxygen atoms in total. The van der Waals surface area contributed by atoms with E-state index in [9.17, 15) is 4.79 Å². The summed E-state index contributed by atoms with van der Waals surface area (Å²) < 4.78 is 5.54. The highest BCUT2D eigenvalue weighted by Crippen LogP contribution is 2.53. The normalized spacial score (nSPS) is 27.6. The molecule has 5 heteroatoms. The van der Waals surface area contributed by atoms with Gasteiger partial charge in [-0.25, -0.2) is 4.79 Å². The maximum atomic E-state index is 12.3. The van der Waals surface area contributed by atoms with Gasteiger partial charge in [-0.15, -0.1) is 0 Å². The average Bonchev–Trinajstić information content (AvgIpc) is 3.35. The van der Waals surface area contributed by atoms with E-state index in [0.717, 1.165) is 44.6 Å². The Morgan fingerprint density at radius 2 is 1.66 bits per heavy atom. The van der Waals surface area contributed by atoms with Crippen LogP contribution in [0.1, 0.15) is 77.3 Å². The molecule has 0 aromatic heterocycles. The van der Waals surface area contributed by atoms with Crippen molar-refractivity contribution in [3.8, 4) is 0 Å². The topological polar surface area (TPSA) is 36.0 Å². The molecule has 3 heterocycles. The molecule has 5 rings (SSSR count). The number of ether oxygens (including phenoxy) is 1. The standard InChI is InChI=1S/C30H47N3O2/c1-5-31-21-24-10-6-9-13-27(24)30(22-31,25-11-7-8-12-25)26-14-16-32(17-15-26)18-23-19-33(20-23)28(34)35-29(2,3)4/h6,9-10,13,23,25-26H,5,7-8,11-12,14-22H2,1-4H3. The lowest BCUT2D eigenvalue weighted by molar-refractivity contribution is -0.0117. The summed E-state index contributed by atoms with van der Waals surface area (Å²) in [7, 11) is 0. The van der Waals surface area contributed by atoms with Crippen molar-refractivity contribution in [1.82, 2.24) is 14.7 Å². The third-order valence-corrected chi connectivity index (χ3v) is 9.37. The SMILES string of the molecule is CCN1Cc2ccccc2C(C2CCCC2)(C2CCN(CC3CN(C(=O)OC(C)(C)C)C3)CC2)C1. The Morgan fingerprint density at radius 1 is 1.00 bits per heavy atom. The van der Waals surface area contributed by atoms with Crippen molar-refractivity contribution in [3.63, 3.8) is 0 Å². The number of piperidine rings is 1. The van der Waals surface area contributed by atoms with Crippen LogP contribution in [0.15, 0.2) is 24.3 Å². The van der Waals surface area contributed by atoms with E-state index in [1.54, 1.807) is 11.1 Å². The number of fused-ring (bicyclic) bond motifs is 1. The number of hydrogen-bond donors (Lipinski definition) is 0. The Balaban J connectivity index is 1.23. The quantitative estimate of drug-likeness (QED) is 0.554. The third kappa shape index (κ3) is 5.13. The average molecular weight is 482 g/mol. The van der Waals surface area contributed by atoms with Crippen LogP contribution < -0.4 is 0 Å². The number of nitrogens with zero attached hydrogens (tertiary/aromatic N) is 3. The van der Waals surface area contributed by atoms with E-state index >= 15 is 0 Å². The number of benzene rings is 1. The minimum absolute atomic E-state index is 0.151. The van der Waals surface area contributed by atoms with E-state index < -0.39 is 5.60 Å². The summed E-state index contributed by atoms with van der Waals surface area (Å²) >= 11 is 0. The van der Waals surface area contributed by atoms with E-state index in [-0.39, 0.29) is 6.09 Å². The van der Waals surface area contributed by atoms with Crippen molar-refractivity contribution in [2.75, 3.05) is 45.8 Å². The van der Waals surface area contributed by atoms with Gasteiger partial charge < -0.3 is 14.5 Å². The molecule has 1 aliphatic carbocycles. The highest BCUT2D eigenvalue weighted by atomic mass is 16.6. The molecule has 1 aromatic carbocycles. The molecule has 0 N–H and O–H groups in total. The first-order chi connectivity index (χ1) is 16.8. The number of hydrogen-bond acceptors (Lipinski definition) is 4. The second-order valence-electron chi connectivity index (χ2n) is 12.8. The number of carbonyl (C=O) groups excluding carboxylic acids is 1. The van der Waals surface area contributed by atoms with E-state index in [1.165, 1.54) is 58.2 Å². The molecule has 0 radical (unpaired) electrons. The largest absolute Gasteiger partial charge is 0.444 e. The van der Waals surface area contributed by atoms with E-state index in [4.69, 9.17) is 4.74 Å². The van der Waals surface area contributed by atoms with Crippen LogP contribution in [0.4, 0.5) is 4.79 Å². The summed E-state index contributed by atoms with van der Waals surface area (Å²) in [6, 6.07) is 9.45. The van der Waals surface area contributed by atoms with Crippen molar-refractivity contribution in [3.05, 3.63) is 35.4 Å². The molecular weight excluding hydrogens is 434 g/mol. The van der Waals surface area contributed by atoms with Crippen LogP contribution >= 0.6 is 0 Å². The van der Waals surface area contributed by atoms with Crippen LogP contribution in [0.25, 0.3) is 0 Å². The van der Waals surface area contributed by atoms with Crippen LogP contribution in [0.3, 0.4) is 0 Å². The molecule has 0 spiro atoms. The van der Waals surface area contributed by atoms with Crippen LogP contribution in [0, 0.1) is 17.8 Å². The number of carbonyl (C=O) groups is 1. The Hall–Kier alpha value is -1.59. The van der Waals surface area contributed by atoms with Crippen molar-refractivity contribution in [2.24, 2.45) is 17.8 Å². The van der Waals surface area contributed by atoms with Gasteiger partial charge in [0.05, 0.1) is 0 Å². The van der Waals surface area contributed by atoms with E-state index in [1.807, 2.05) is 25.7 Å². The van der Waals surface area contributed by atoms with Gasteiger partial charge in [0.15, 0.2) is 0 Å². The van der Waals surface area contributed by atoms with Gasteiger partial charge in [0.2, 0.25) is 0 Å². The molecule has 1 atom stereocenters. The lowest BCUT2D eigenvalue weighted by Crippen LogP contribution is -2.58. The molecule has 1 saturated carbocycles. The molecule has 1 amide bonds. The Morgan fingerprint density at radius 3 is 2.31 bits per heavy atom. The van der Waals surface area contributed by atoms with Gasteiger partial charge in [-0.1, -0.05) is 44.0 Å². The van der Waals surface area contributed by atoms with Gasteiger partial charge in [0.1, 0.15) is 5.60 Å². The van der Waals surface area contributed by atoms with Gasteiger partial charge in [0, 0.05) is 44.1 Å². The second-order valence-corrected chi connectivity index (χ2v) is 12.8. The van der Waals surface area contributed by atoms with Gasteiger partial charge in [-0.2, -0.15) is 0 Å². The van der Waals surface area contributed by atoms with Gasteiger partial charge in [0.25, 0.3) is 0 Å². The number of likely N-dealkylation sites (tertiary alicyclic amines) is 2. The number of rotatable bonds is 5. The molecule has 194 valence electrons. The fourth-order valence-corrected chi connectivity index (χ4v) is 7.72. The van der Waals surface area contributed by atoms with Gasteiger partial charge in [-0.05, 0) is 89.1 Å². The number of likely N-dealkylation sites (N-methyl/N-ethyl adjacent to an activating group) is 1. The zero-order valence-electron chi connectivity index (χ0n) is 22.6. The fraction of sp³-hybridized carbons (Fsp3) is 0.767. The summed E-state index contributed by atoms with van der Waals surface area (Å²) in [4.78, 5) is 19.6. The molecule has 1 unspecified atom stereocenters. The van der Waals surface area contributed by atoms with Crippen LogP contribution in [0.5, 0.6) is 0 Å².